The van der Waals surface area contributed by atoms with Crippen molar-refractivity contribution in [3.05, 3.63) is 0 Å². The van der Waals surface area contributed by atoms with E-state index >= 15 is 0 Å². The van der Waals surface area contributed by atoms with Gasteiger partial charge in [0.25, 0.3) is 0 Å². The van der Waals surface area contributed by atoms with Crippen LogP contribution in [0, 0.1) is 0 Å². The molecule has 0 aromatic rings. The van der Waals surface area contributed by atoms with Crippen molar-refractivity contribution >= 4 is 0 Å². The number of ether oxygens (including phenoxy) is 1. The molecule has 0 fully saturated rings. The normalized spacial score (nSPS) is 16.7. The van der Waals surface area contributed by atoms with Crippen LogP contribution in [0.15, 0.2) is 0 Å². The van der Waals surface area contributed by atoms with Gasteiger partial charge in [-0.15, -0.1) is 0 Å². The van der Waals surface area contributed by atoms with E-state index in [9.17, 15) is 5.11 Å². The van der Waals surface area contributed by atoms with E-state index in [1.165, 1.54) is 0 Å². The van der Waals surface area contributed by atoms with Crippen LogP contribution in [0.4, 0.5) is 0 Å². The largest absolute Gasteiger partial charge is 0.389 e. The highest BCUT2D eigenvalue weighted by atomic mass is 16.5. The summed E-state index contributed by atoms with van der Waals surface area (Å²) in [6.45, 7) is 9.06. The summed E-state index contributed by atoms with van der Waals surface area (Å²) in [6, 6.07) is 0. The van der Waals surface area contributed by atoms with Gasteiger partial charge in [0, 0.05) is 13.2 Å². The van der Waals surface area contributed by atoms with Crippen molar-refractivity contribution in [1.82, 2.24) is 0 Å². The fourth-order valence-corrected chi connectivity index (χ4v) is 1.20. The first kappa shape index (κ1) is 13.9. The summed E-state index contributed by atoms with van der Waals surface area (Å²) in [5, 5.41) is 9.88. The standard InChI is InChI=1S/C11H25NO2/c1-5-11(13,9-12)7-6-8-14-10(2,3)4/h13H,5-9,12H2,1-4H3. The predicted octanol–water partition coefficient (Wildman–Crippen LogP) is 1.68. The molecule has 0 aliphatic carbocycles. The summed E-state index contributed by atoms with van der Waals surface area (Å²) >= 11 is 0. The van der Waals surface area contributed by atoms with E-state index < -0.39 is 5.60 Å². The Balaban J connectivity index is 3.63. The maximum absolute atomic E-state index is 9.88. The molecule has 0 aliphatic heterocycles. The van der Waals surface area contributed by atoms with Crippen molar-refractivity contribution in [3.8, 4) is 0 Å². The molecule has 0 aliphatic rings. The summed E-state index contributed by atoms with van der Waals surface area (Å²) in [4.78, 5) is 0. The SMILES string of the molecule is CCC(O)(CN)CCCOC(C)(C)C. The molecule has 3 N–H and O–H groups in total. The van der Waals surface area contributed by atoms with E-state index in [0.717, 1.165) is 12.8 Å². The molecule has 14 heavy (non-hydrogen) atoms. The quantitative estimate of drug-likeness (QED) is 0.646. The Hall–Kier alpha value is -0.120. The average molecular weight is 203 g/mol. The Morgan fingerprint density at radius 2 is 1.86 bits per heavy atom. The Labute approximate surface area is 87.6 Å². The number of hydrogen-bond acceptors (Lipinski definition) is 3. The van der Waals surface area contributed by atoms with E-state index in [2.05, 4.69) is 0 Å². The van der Waals surface area contributed by atoms with Crippen molar-refractivity contribution in [2.75, 3.05) is 13.2 Å². The smallest absolute Gasteiger partial charge is 0.0767 e. The molecule has 0 spiro atoms. The Bertz CT molecular complexity index is 148. The highest BCUT2D eigenvalue weighted by molar-refractivity contribution is 4.77. The lowest BCUT2D eigenvalue weighted by Gasteiger charge is -2.26. The maximum atomic E-state index is 9.88. The van der Waals surface area contributed by atoms with Crippen LogP contribution in [-0.2, 0) is 4.74 Å². The van der Waals surface area contributed by atoms with Gasteiger partial charge in [-0.3, -0.25) is 0 Å². The topological polar surface area (TPSA) is 55.5 Å². The molecule has 0 aromatic heterocycles. The summed E-state index contributed by atoms with van der Waals surface area (Å²) in [5.41, 5.74) is 4.71. The Morgan fingerprint density at radius 1 is 1.29 bits per heavy atom. The van der Waals surface area contributed by atoms with E-state index in [4.69, 9.17) is 10.5 Å². The van der Waals surface area contributed by atoms with Crippen molar-refractivity contribution in [2.24, 2.45) is 5.73 Å². The third-order valence-corrected chi connectivity index (χ3v) is 2.36. The van der Waals surface area contributed by atoms with Crippen molar-refractivity contribution < 1.29 is 9.84 Å². The van der Waals surface area contributed by atoms with Gasteiger partial charge in [-0.1, -0.05) is 6.92 Å². The molecule has 0 aromatic carbocycles. The fraction of sp³-hybridized carbons (Fsp3) is 1.00. The first-order chi connectivity index (χ1) is 6.33. The van der Waals surface area contributed by atoms with Gasteiger partial charge >= 0.3 is 0 Å². The van der Waals surface area contributed by atoms with Crippen LogP contribution in [0.3, 0.4) is 0 Å². The van der Waals surface area contributed by atoms with Gasteiger partial charge in [0.05, 0.1) is 11.2 Å². The average Bonchev–Trinajstić information content (AvgIpc) is 2.11. The molecule has 0 amide bonds. The summed E-state index contributed by atoms with van der Waals surface area (Å²) in [7, 11) is 0. The molecule has 1 unspecified atom stereocenters. The predicted molar refractivity (Wildman–Crippen MR) is 59.2 cm³/mol. The molecule has 0 rings (SSSR count). The van der Waals surface area contributed by atoms with E-state index in [1.54, 1.807) is 0 Å². The molecule has 1 atom stereocenters. The molecule has 0 saturated carbocycles. The van der Waals surface area contributed by atoms with Crippen LogP contribution < -0.4 is 5.73 Å². The number of nitrogens with two attached hydrogens (primary N) is 1. The molecule has 0 bridgehead atoms. The molecule has 0 heterocycles. The van der Waals surface area contributed by atoms with E-state index in [-0.39, 0.29) is 5.60 Å². The third-order valence-electron chi connectivity index (χ3n) is 2.36. The third kappa shape index (κ3) is 6.35. The molecule has 3 nitrogen and oxygen atoms in total. The molecule has 86 valence electrons. The van der Waals surface area contributed by atoms with Crippen LogP contribution in [-0.4, -0.2) is 29.5 Å². The van der Waals surface area contributed by atoms with Gasteiger partial charge in [0.1, 0.15) is 0 Å². The van der Waals surface area contributed by atoms with Gasteiger partial charge < -0.3 is 15.6 Å². The van der Waals surface area contributed by atoms with Crippen LogP contribution in [0.25, 0.3) is 0 Å². The molecule has 0 radical (unpaired) electrons. The highest BCUT2D eigenvalue weighted by Gasteiger charge is 2.22. The fourth-order valence-electron chi connectivity index (χ4n) is 1.20. The van der Waals surface area contributed by atoms with Gasteiger partial charge in [0.2, 0.25) is 0 Å². The van der Waals surface area contributed by atoms with Gasteiger partial charge in [-0.05, 0) is 40.0 Å². The minimum atomic E-state index is -0.693. The second kappa shape index (κ2) is 5.69. The molecular weight excluding hydrogens is 178 g/mol. The first-order valence-electron chi connectivity index (χ1n) is 5.39. The Kier molecular flexibility index (Phi) is 5.64. The van der Waals surface area contributed by atoms with Crippen molar-refractivity contribution in [2.45, 2.75) is 58.2 Å². The van der Waals surface area contributed by atoms with Crippen LogP contribution in [0.1, 0.15) is 47.0 Å². The van der Waals surface area contributed by atoms with Crippen LogP contribution >= 0.6 is 0 Å². The molecule has 0 saturated heterocycles. The van der Waals surface area contributed by atoms with E-state index in [1.807, 2.05) is 27.7 Å². The summed E-state index contributed by atoms with van der Waals surface area (Å²) in [5.74, 6) is 0. The zero-order valence-electron chi connectivity index (χ0n) is 9.97. The van der Waals surface area contributed by atoms with Crippen molar-refractivity contribution in [3.63, 3.8) is 0 Å². The van der Waals surface area contributed by atoms with Crippen LogP contribution in [0.5, 0.6) is 0 Å². The summed E-state index contributed by atoms with van der Waals surface area (Å²) in [6.07, 6.45) is 2.29. The van der Waals surface area contributed by atoms with Gasteiger partial charge in [-0.2, -0.15) is 0 Å². The lowest BCUT2D eigenvalue weighted by atomic mass is 9.95. The molecule has 3 heteroatoms. The Morgan fingerprint density at radius 3 is 2.21 bits per heavy atom. The monoisotopic (exact) mass is 203 g/mol. The van der Waals surface area contributed by atoms with Gasteiger partial charge in [0.15, 0.2) is 0 Å². The van der Waals surface area contributed by atoms with E-state index in [0.29, 0.717) is 19.6 Å². The lowest BCUT2D eigenvalue weighted by molar-refractivity contribution is -0.0212. The number of rotatable bonds is 6. The lowest BCUT2D eigenvalue weighted by Crippen LogP contribution is -2.37. The first-order valence-corrected chi connectivity index (χ1v) is 5.39. The minimum Gasteiger partial charge on any atom is -0.389 e. The summed E-state index contributed by atoms with van der Waals surface area (Å²) < 4.78 is 5.56. The number of aliphatic hydroxyl groups is 1. The zero-order chi connectivity index (χ0) is 11.2. The maximum Gasteiger partial charge on any atom is 0.0767 e. The second-order valence-corrected chi connectivity index (χ2v) is 4.85. The van der Waals surface area contributed by atoms with Crippen molar-refractivity contribution in [1.29, 1.82) is 0 Å². The molecular formula is C11H25NO2. The highest BCUT2D eigenvalue weighted by Crippen LogP contribution is 2.16. The second-order valence-electron chi connectivity index (χ2n) is 4.85. The van der Waals surface area contributed by atoms with Crippen LogP contribution in [0.2, 0.25) is 0 Å². The zero-order valence-corrected chi connectivity index (χ0v) is 9.97. The minimum absolute atomic E-state index is 0.0902. The number of hydrogen-bond donors (Lipinski definition) is 2. The van der Waals surface area contributed by atoms with Gasteiger partial charge in [-0.25, -0.2) is 0 Å².